The van der Waals surface area contributed by atoms with Gasteiger partial charge in [0, 0.05) is 5.56 Å². The minimum absolute atomic E-state index is 0.0199. The Morgan fingerprint density at radius 2 is 2.04 bits per heavy atom. The van der Waals surface area contributed by atoms with Gasteiger partial charge < -0.3 is 5.32 Å². The molecule has 0 atom stereocenters. The number of thioether (sulfide) groups is 1. The second-order valence-electron chi connectivity index (χ2n) is 6.13. The van der Waals surface area contributed by atoms with E-state index in [0.29, 0.717) is 16.0 Å². The van der Waals surface area contributed by atoms with Gasteiger partial charge in [-0.2, -0.15) is 5.26 Å². The monoisotopic (exact) mass is 411 g/mol. The van der Waals surface area contributed by atoms with Gasteiger partial charge in [-0.15, -0.1) is 10.2 Å². The van der Waals surface area contributed by atoms with Gasteiger partial charge in [-0.1, -0.05) is 47.6 Å². The molecular formula is C20H18ClN5OS. The number of aromatic nitrogens is 3. The Morgan fingerprint density at radius 1 is 1.25 bits per heavy atom. The van der Waals surface area contributed by atoms with Crippen LogP contribution in [0.2, 0.25) is 5.02 Å². The maximum atomic E-state index is 11.9. The Balaban J connectivity index is 2.06. The molecule has 0 aliphatic carbocycles. The Bertz CT molecular complexity index is 1060. The summed E-state index contributed by atoms with van der Waals surface area (Å²) in [4.78, 5) is 11.9. The van der Waals surface area contributed by atoms with E-state index in [0.717, 1.165) is 22.4 Å². The number of nitrogens with zero attached hydrogens (tertiary/aromatic N) is 4. The Morgan fingerprint density at radius 3 is 2.79 bits per heavy atom. The molecule has 0 aliphatic heterocycles. The van der Waals surface area contributed by atoms with E-state index in [1.165, 1.54) is 11.8 Å². The van der Waals surface area contributed by atoms with E-state index in [9.17, 15) is 4.79 Å². The van der Waals surface area contributed by atoms with Crippen LogP contribution in [0, 0.1) is 25.2 Å². The van der Waals surface area contributed by atoms with Crippen LogP contribution < -0.4 is 5.32 Å². The first-order chi connectivity index (χ1) is 13.5. The van der Waals surface area contributed by atoms with Crippen molar-refractivity contribution in [3.8, 4) is 23.1 Å². The van der Waals surface area contributed by atoms with Crippen LogP contribution in [0.5, 0.6) is 0 Å². The molecule has 1 amide bonds. The van der Waals surface area contributed by atoms with Gasteiger partial charge in [0.1, 0.15) is 6.54 Å². The van der Waals surface area contributed by atoms with Crippen molar-refractivity contribution in [2.75, 3.05) is 12.3 Å². The van der Waals surface area contributed by atoms with Gasteiger partial charge in [0.25, 0.3) is 0 Å². The molecule has 0 fully saturated rings. The fraction of sp³-hybridized carbons (Fsp3) is 0.200. The number of hydrogen-bond donors (Lipinski definition) is 1. The van der Waals surface area contributed by atoms with Gasteiger partial charge in [0.05, 0.1) is 22.5 Å². The molecule has 0 saturated heterocycles. The van der Waals surface area contributed by atoms with Crippen molar-refractivity contribution in [3.05, 3.63) is 58.6 Å². The Labute approximate surface area is 172 Å². The molecule has 0 bridgehead atoms. The van der Waals surface area contributed by atoms with Gasteiger partial charge in [-0.25, -0.2) is 0 Å². The van der Waals surface area contributed by atoms with Crippen LogP contribution in [-0.2, 0) is 4.79 Å². The highest BCUT2D eigenvalue weighted by Crippen LogP contribution is 2.33. The molecule has 0 spiro atoms. The normalized spacial score (nSPS) is 10.5. The quantitative estimate of drug-likeness (QED) is 0.490. The van der Waals surface area contributed by atoms with E-state index >= 15 is 0 Å². The zero-order valence-electron chi connectivity index (χ0n) is 15.4. The molecule has 1 aromatic heterocycles. The molecule has 1 N–H and O–H groups in total. The number of halogens is 1. The molecule has 3 rings (SSSR count). The first kappa shape index (κ1) is 19.9. The molecule has 28 heavy (non-hydrogen) atoms. The summed E-state index contributed by atoms with van der Waals surface area (Å²) < 4.78 is 1.92. The number of aryl methyl sites for hydroxylation is 2. The summed E-state index contributed by atoms with van der Waals surface area (Å²) in [5, 5.41) is 20.9. The van der Waals surface area contributed by atoms with Gasteiger partial charge >= 0.3 is 0 Å². The predicted octanol–water partition coefficient (Wildman–Crippen LogP) is 3.94. The lowest BCUT2D eigenvalue weighted by Crippen LogP contribution is -2.25. The van der Waals surface area contributed by atoms with E-state index in [2.05, 4.69) is 21.6 Å². The number of amides is 1. The lowest BCUT2D eigenvalue weighted by molar-refractivity contribution is -0.118. The molecule has 0 radical (unpaired) electrons. The zero-order valence-corrected chi connectivity index (χ0v) is 17.0. The van der Waals surface area contributed by atoms with Crippen molar-refractivity contribution in [1.29, 1.82) is 5.26 Å². The lowest BCUT2D eigenvalue weighted by atomic mass is 10.1. The molecular weight excluding hydrogens is 394 g/mol. The summed E-state index contributed by atoms with van der Waals surface area (Å²) in [6.45, 7) is 4.01. The van der Waals surface area contributed by atoms with Gasteiger partial charge in [-0.05, 0) is 43.2 Å². The average molecular weight is 412 g/mol. The van der Waals surface area contributed by atoms with Crippen molar-refractivity contribution in [2.24, 2.45) is 0 Å². The maximum Gasteiger partial charge on any atom is 0.231 e. The van der Waals surface area contributed by atoms with Gasteiger partial charge in [-0.3, -0.25) is 9.36 Å². The van der Waals surface area contributed by atoms with Crippen molar-refractivity contribution >= 4 is 29.3 Å². The maximum absolute atomic E-state index is 11.9. The second-order valence-corrected chi connectivity index (χ2v) is 7.48. The van der Waals surface area contributed by atoms with Crippen LogP contribution in [-0.4, -0.2) is 33.0 Å². The highest BCUT2D eigenvalue weighted by Gasteiger charge is 2.20. The first-order valence-electron chi connectivity index (χ1n) is 8.55. The standard InChI is InChI=1S/C20H18ClN5OS/c1-13-7-8-14(2)17(11-13)26-19(15-5-3-4-6-16(15)21)24-25-20(26)28-12-18(27)23-10-9-22/h3-8,11H,10,12H2,1-2H3,(H,23,27). The molecule has 0 saturated carbocycles. The average Bonchev–Trinajstić information content (AvgIpc) is 3.10. The van der Waals surface area contributed by atoms with Gasteiger partial charge in [0.15, 0.2) is 11.0 Å². The third-order valence-corrected chi connectivity index (χ3v) is 5.31. The summed E-state index contributed by atoms with van der Waals surface area (Å²) in [6.07, 6.45) is 0. The van der Waals surface area contributed by atoms with Crippen LogP contribution in [0.4, 0.5) is 0 Å². The summed E-state index contributed by atoms with van der Waals surface area (Å²) >= 11 is 7.66. The third kappa shape index (κ3) is 4.35. The van der Waals surface area contributed by atoms with Crippen LogP contribution in [0.25, 0.3) is 17.1 Å². The summed E-state index contributed by atoms with van der Waals surface area (Å²) in [7, 11) is 0. The van der Waals surface area contributed by atoms with Crippen molar-refractivity contribution in [2.45, 2.75) is 19.0 Å². The summed E-state index contributed by atoms with van der Waals surface area (Å²) in [5.41, 5.74) is 3.84. The lowest BCUT2D eigenvalue weighted by Gasteiger charge is -2.14. The molecule has 0 unspecified atom stereocenters. The number of hydrogen-bond acceptors (Lipinski definition) is 5. The second kappa shape index (κ2) is 8.91. The molecule has 6 nitrogen and oxygen atoms in total. The van der Waals surface area contributed by atoms with E-state index in [1.54, 1.807) is 6.07 Å². The number of nitriles is 1. The Kier molecular flexibility index (Phi) is 6.34. The number of benzene rings is 2. The zero-order chi connectivity index (χ0) is 20.1. The predicted molar refractivity (Wildman–Crippen MR) is 111 cm³/mol. The molecule has 8 heteroatoms. The fourth-order valence-electron chi connectivity index (χ4n) is 2.68. The van der Waals surface area contributed by atoms with Gasteiger partial charge in [0.2, 0.25) is 5.91 Å². The van der Waals surface area contributed by atoms with Crippen molar-refractivity contribution < 1.29 is 4.79 Å². The molecule has 0 aliphatic rings. The largest absolute Gasteiger partial charge is 0.342 e. The molecule has 142 valence electrons. The van der Waals surface area contributed by atoms with E-state index in [-0.39, 0.29) is 18.2 Å². The number of rotatable bonds is 6. The molecule has 1 heterocycles. The molecule has 2 aromatic carbocycles. The van der Waals surface area contributed by atoms with Crippen molar-refractivity contribution in [1.82, 2.24) is 20.1 Å². The van der Waals surface area contributed by atoms with Crippen molar-refractivity contribution in [3.63, 3.8) is 0 Å². The van der Waals surface area contributed by atoms with Crippen LogP contribution >= 0.6 is 23.4 Å². The number of carbonyl (C=O) groups excluding carboxylic acids is 1. The summed E-state index contributed by atoms with van der Waals surface area (Å²) in [5.74, 6) is 0.508. The number of carbonyl (C=O) groups is 1. The topological polar surface area (TPSA) is 83.6 Å². The summed E-state index contributed by atoms with van der Waals surface area (Å²) in [6, 6.07) is 15.5. The number of nitrogens with one attached hydrogen (secondary N) is 1. The third-order valence-electron chi connectivity index (χ3n) is 4.05. The minimum atomic E-state index is -0.235. The van der Waals surface area contributed by atoms with Crippen LogP contribution in [0.15, 0.2) is 47.6 Å². The minimum Gasteiger partial charge on any atom is -0.342 e. The Hall–Kier alpha value is -2.82. The smallest absolute Gasteiger partial charge is 0.231 e. The first-order valence-corrected chi connectivity index (χ1v) is 9.92. The highest BCUT2D eigenvalue weighted by atomic mass is 35.5. The SMILES string of the molecule is Cc1ccc(C)c(-n2c(SCC(=O)NCC#N)nnc2-c2ccccc2Cl)c1. The fourth-order valence-corrected chi connectivity index (χ4v) is 3.67. The molecule has 3 aromatic rings. The van der Waals surface area contributed by atoms with E-state index in [4.69, 9.17) is 16.9 Å². The van der Waals surface area contributed by atoms with E-state index < -0.39 is 0 Å². The van der Waals surface area contributed by atoms with E-state index in [1.807, 2.05) is 54.8 Å². The highest BCUT2D eigenvalue weighted by molar-refractivity contribution is 7.99. The van der Waals surface area contributed by atoms with Crippen LogP contribution in [0.3, 0.4) is 0 Å². The van der Waals surface area contributed by atoms with Crippen LogP contribution in [0.1, 0.15) is 11.1 Å².